The van der Waals surface area contributed by atoms with E-state index in [4.69, 9.17) is 21.7 Å². The minimum Gasteiger partial charge on any atom is -0.383 e. The van der Waals surface area contributed by atoms with Gasteiger partial charge in [-0.1, -0.05) is 6.07 Å². The van der Waals surface area contributed by atoms with Crippen molar-refractivity contribution in [1.29, 1.82) is 0 Å². The van der Waals surface area contributed by atoms with Gasteiger partial charge in [0.15, 0.2) is 5.11 Å². The van der Waals surface area contributed by atoms with E-state index >= 15 is 0 Å². The molecular weight excluding hydrogens is 434 g/mol. The van der Waals surface area contributed by atoms with Gasteiger partial charge in [-0.15, -0.1) is 0 Å². The first kappa shape index (κ1) is 21.9. The first-order chi connectivity index (χ1) is 16.3. The van der Waals surface area contributed by atoms with Gasteiger partial charge in [-0.2, -0.15) is 0 Å². The summed E-state index contributed by atoms with van der Waals surface area (Å²) >= 11 is 5.87. The highest BCUT2D eigenvalue weighted by Gasteiger charge is 2.42. The topological polar surface area (TPSA) is 54.8 Å². The average Bonchev–Trinajstić information content (AvgIpc) is 3.47. The Labute approximate surface area is 199 Å². The van der Waals surface area contributed by atoms with Gasteiger partial charge in [0, 0.05) is 56.2 Å². The number of thiocarbonyl (C=S) groups is 1. The third kappa shape index (κ3) is 4.46. The van der Waals surface area contributed by atoms with Crippen LogP contribution in [0.25, 0.3) is 0 Å². The Morgan fingerprint density at radius 2 is 1.85 bits per heavy atom. The Kier molecular flexibility index (Phi) is 6.57. The van der Waals surface area contributed by atoms with Gasteiger partial charge in [0.25, 0.3) is 0 Å². The number of pyridine rings is 1. The van der Waals surface area contributed by atoms with Crippen LogP contribution in [0.5, 0.6) is 0 Å². The number of methoxy groups -OCH3 is 1. The third-order valence-electron chi connectivity index (χ3n) is 6.31. The molecule has 4 heterocycles. The molecule has 2 saturated heterocycles. The second-order valence-electron chi connectivity index (χ2n) is 8.23. The molecule has 2 aliphatic rings. The minimum absolute atomic E-state index is 0.0338. The van der Waals surface area contributed by atoms with Crippen molar-refractivity contribution >= 4 is 28.7 Å². The molecule has 0 unspecified atom stereocenters. The lowest BCUT2D eigenvalue weighted by Crippen LogP contribution is -2.36. The molecule has 2 aromatic heterocycles. The van der Waals surface area contributed by atoms with Crippen LogP contribution in [0.3, 0.4) is 0 Å². The first-order valence-corrected chi connectivity index (χ1v) is 11.7. The second kappa shape index (κ2) is 9.91. The molecular formula is C25H29N5O2S. The van der Waals surface area contributed by atoms with E-state index in [9.17, 15) is 0 Å². The number of hydrogen-bond donors (Lipinski definition) is 1. The van der Waals surface area contributed by atoms with Crippen LogP contribution in [0.2, 0.25) is 0 Å². The van der Waals surface area contributed by atoms with Gasteiger partial charge >= 0.3 is 0 Å². The Bertz CT molecular complexity index is 1070. The zero-order chi connectivity index (χ0) is 22.6. The highest BCUT2D eigenvalue weighted by atomic mass is 32.1. The quantitative estimate of drug-likeness (QED) is 0.538. The number of ether oxygens (including phenoxy) is 2. The molecule has 1 aromatic carbocycles. The van der Waals surface area contributed by atoms with Crippen molar-refractivity contribution in [2.45, 2.75) is 18.6 Å². The first-order valence-electron chi connectivity index (χ1n) is 11.3. The van der Waals surface area contributed by atoms with Crippen molar-refractivity contribution in [3.63, 3.8) is 0 Å². The van der Waals surface area contributed by atoms with Crippen molar-refractivity contribution in [2.24, 2.45) is 0 Å². The van der Waals surface area contributed by atoms with Crippen molar-refractivity contribution < 1.29 is 9.47 Å². The van der Waals surface area contributed by atoms with Crippen LogP contribution < -0.4 is 15.1 Å². The van der Waals surface area contributed by atoms with E-state index < -0.39 is 0 Å². The summed E-state index contributed by atoms with van der Waals surface area (Å²) in [6, 6.07) is 18.9. The number of nitrogens with zero attached hydrogens (tertiary/aromatic N) is 4. The van der Waals surface area contributed by atoms with Crippen molar-refractivity contribution in [3.05, 3.63) is 78.4 Å². The molecule has 0 saturated carbocycles. The van der Waals surface area contributed by atoms with Gasteiger partial charge in [0.1, 0.15) is 6.04 Å². The molecule has 7 nitrogen and oxygen atoms in total. The van der Waals surface area contributed by atoms with E-state index in [1.165, 1.54) is 11.4 Å². The highest BCUT2D eigenvalue weighted by molar-refractivity contribution is 7.80. The zero-order valence-corrected chi connectivity index (χ0v) is 19.6. The lowest BCUT2D eigenvalue weighted by Gasteiger charge is -2.31. The molecule has 172 valence electrons. The van der Waals surface area contributed by atoms with Crippen LogP contribution in [-0.4, -0.2) is 54.7 Å². The molecule has 0 radical (unpaired) electrons. The van der Waals surface area contributed by atoms with Crippen molar-refractivity contribution in [2.75, 3.05) is 49.8 Å². The van der Waals surface area contributed by atoms with Gasteiger partial charge in [-0.05, 0) is 60.7 Å². The maximum Gasteiger partial charge on any atom is 0.174 e. The summed E-state index contributed by atoms with van der Waals surface area (Å²) in [5.74, 6) is 0. The van der Waals surface area contributed by atoms with E-state index in [1.807, 2.05) is 18.3 Å². The smallest absolute Gasteiger partial charge is 0.174 e. The third-order valence-corrected chi connectivity index (χ3v) is 6.62. The standard InChI is InChI=1S/C25H29N5O2S/c1-31-16-13-29-12-4-6-22(29)24-23(21-5-2-3-11-26-21)27-25(33)30(24)20-9-7-19(8-10-20)28-14-17-32-18-15-28/h2-12,23-24H,13-18H2,1H3,(H,27,33)/t23-,24-/m0/s1. The zero-order valence-electron chi connectivity index (χ0n) is 18.8. The van der Waals surface area contributed by atoms with E-state index in [-0.39, 0.29) is 12.1 Å². The summed E-state index contributed by atoms with van der Waals surface area (Å²) in [5, 5.41) is 4.24. The Morgan fingerprint density at radius 3 is 2.58 bits per heavy atom. The van der Waals surface area contributed by atoms with E-state index in [0.717, 1.165) is 44.2 Å². The fourth-order valence-corrected chi connectivity index (χ4v) is 5.01. The Morgan fingerprint density at radius 1 is 1.06 bits per heavy atom. The van der Waals surface area contributed by atoms with Crippen LogP contribution in [0.4, 0.5) is 11.4 Å². The number of rotatable bonds is 7. The van der Waals surface area contributed by atoms with Gasteiger partial charge in [0.05, 0.1) is 31.6 Å². The molecule has 2 atom stereocenters. The Balaban J connectivity index is 1.51. The molecule has 0 aliphatic carbocycles. The lowest BCUT2D eigenvalue weighted by molar-refractivity contribution is 0.122. The summed E-state index contributed by atoms with van der Waals surface area (Å²) in [6.07, 6.45) is 3.94. The summed E-state index contributed by atoms with van der Waals surface area (Å²) in [5.41, 5.74) is 4.41. The number of morpholine rings is 1. The average molecular weight is 464 g/mol. The van der Waals surface area contributed by atoms with E-state index in [2.05, 4.69) is 73.3 Å². The fraction of sp³-hybridized carbons (Fsp3) is 0.360. The van der Waals surface area contributed by atoms with Crippen LogP contribution in [0.1, 0.15) is 23.5 Å². The van der Waals surface area contributed by atoms with Gasteiger partial charge in [-0.25, -0.2) is 0 Å². The SMILES string of the molecule is COCCn1cccc1[C@H]1[C@H](c2ccccn2)NC(=S)N1c1ccc(N2CCOCC2)cc1. The van der Waals surface area contributed by atoms with Gasteiger partial charge in [-0.3, -0.25) is 4.98 Å². The van der Waals surface area contributed by atoms with Gasteiger partial charge < -0.3 is 29.2 Å². The van der Waals surface area contributed by atoms with Gasteiger partial charge in [0.2, 0.25) is 0 Å². The second-order valence-corrected chi connectivity index (χ2v) is 8.62. The summed E-state index contributed by atoms with van der Waals surface area (Å²) < 4.78 is 13.1. The predicted octanol–water partition coefficient (Wildman–Crippen LogP) is 3.54. The molecule has 1 N–H and O–H groups in total. The van der Waals surface area contributed by atoms with Crippen molar-refractivity contribution in [3.8, 4) is 0 Å². The molecule has 3 aromatic rings. The molecule has 0 amide bonds. The Hall–Kier alpha value is -2.94. The molecule has 2 aliphatic heterocycles. The molecule has 0 spiro atoms. The molecule has 0 bridgehead atoms. The normalized spacial score (nSPS) is 20.8. The molecule has 5 rings (SSSR count). The van der Waals surface area contributed by atoms with E-state index in [1.54, 1.807) is 7.11 Å². The molecule has 2 fully saturated rings. The van der Waals surface area contributed by atoms with Crippen LogP contribution in [-0.2, 0) is 16.0 Å². The van der Waals surface area contributed by atoms with E-state index in [0.29, 0.717) is 11.7 Å². The number of aromatic nitrogens is 2. The lowest BCUT2D eigenvalue weighted by atomic mass is 10.0. The highest BCUT2D eigenvalue weighted by Crippen LogP contribution is 2.42. The maximum atomic E-state index is 5.87. The monoisotopic (exact) mass is 463 g/mol. The number of anilines is 2. The number of benzene rings is 1. The summed E-state index contributed by atoms with van der Waals surface area (Å²) in [6.45, 7) is 4.80. The van der Waals surface area contributed by atoms with Crippen LogP contribution in [0.15, 0.2) is 67.0 Å². The predicted molar refractivity (Wildman–Crippen MR) is 134 cm³/mol. The molecule has 33 heavy (non-hydrogen) atoms. The van der Waals surface area contributed by atoms with Crippen molar-refractivity contribution in [1.82, 2.24) is 14.9 Å². The molecule has 8 heteroatoms. The number of hydrogen-bond acceptors (Lipinski definition) is 5. The van der Waals surface area contributed by atoms with Crippen LogP contribution >= 0.6 is 12.2 Å². The van der Waals surface area contributed by atoms with Crippen LogP contribution in [0, 0.1) is 0 Å². The number of nitrogens with one attached hydrogen (secondary N) is 1. The maximum absolute atomic E-state index is 5.87. The summed E-state index contributed by atoms with van der Waals surface area (Å²) in [7, 11) is 1.73. The largest absolute Gasteiger partial charge is 0.383 e. The fourth-order valence-electron chi connectivity index (χ4n) is 4.67. The minimum atomic E-state index is -0.0613. The summed E-state index contributed by atoms with van der Waals surface area (Å²) in [4.78, 5) is 9.23.